The number of hydrogen-bond donors (Lipinski definition) is 1. The van der Waals surface area contributed by atoms with Crippen LogP contribution in [0.15, 0.2) is 23.2 Å². The Morgan fingerprint density at radius 2 is 2.00 bits per heavy atom. The van der Waals surface area contributed by atoms with E-state index < -0.39 is 0 Å². The average Bonchev–Trinajstić information content (AvgIpc) is 3.28. The van der Waals surface area contributed by atoms with Crippen molar-refractivity contribution in [1.29, 1.82) is 0 Å². The molecule has 6 heteroatoms. The Balaban J connectivity index is 1.38. The van der Waals surface area contributed by atoms with Crippen LogP contribution in [0.25, 0.3) is 0 Å². The van der Waals surface area contributed by atoms with Crippen molar-refractivity contribution in [1.82, 2.24) is 15.2 Å². The molecule has 3 aliphatic heterocycles. The summed E-state index contributed by atoms with van der Waals surface area (Å²) in [6, 6.07) is 6.13. The highest BCUT2D eigenvalue weighted by molar-refractivity contribution is 5.80. The van der Waals surface area contributed by atoms with Gasteiger partial charge >= 0.3 is 0 Å². The molecule has 2 bridgehead atoms. The standard InChI is InChI=1S/C18H27N5O/c1-19-18(20-9-12-5-4-6-17(21-12)22(2)3)23-10-13-14(11-23)16-8-7-15(13)24-16/h4-6,13-16H,7-11H2,1-3H3,(H,19,20). The summed E-state index contributed by atoms with van der Waals surface area (Å²) in [5.41, 5.74) is 1.03. The van der Waals surface area contributed by atoms with Crippen LogP contribution in [0.3, 0.4) is 0 Å². The summed E-state index contributed by atoms with van der Waals surface area (Å²) in [7, 11) is 5.89. The molecule has 0 saturated carbocycles. The number of fused-ring (bicyclic) bond motifs is 5. The molecule has 1 aromatic rings. The van der Waals surface area contributed by atoms with E-state index in [1.807, 2.05) is 32.1 Å². The molecule has 3 fully saturated rings. The van der Waals surface area contributed by atoms with Crippen LogP contribution in [0, 0.1) is 11.8 Å². The SMILES string of the molecule is CN=C(NCc1cccc(N(C)C)n1)N1CC2C3CCC(O3)C2C1. The third-order valence-electron chi connectivity index (χ3n) is 5.64. The minimum Gasteiger partial charge on any atom is -0.374 e. The van der Waals surface area contributed by atoms with E-state index in [1.54, 1.807) is 0 Å². The highest BCUT2D eigenvalue weighted by Gasteiger charge is 2.53. The van der Waals surface area contributed by atoms with Crippen LogP contribution in [-0.4, -0.2) is 62.3 Å². The Morgan fingerprint density at radius 1 is 1.29 bits per heavy atom. The zero-order chi connectivity index (χ0) is 16.7. The molecule has 4 heterocycles. The number of nitrogens with zero attached hydrogens (tertiary/aromatic N) is 4. The number of ether oxygens (including phenoxy) is 1. The minimum atomic E-state index is 0.488. The summed E-state index contributed by atoms with van der Waals surface area (Å²) in [5.74, 6) is 3.35. The second kappa shape index (κ2) is 6.24. The number of pyridine rings is 1. The number of aliphatic imine (C=N–C) groups is 1. The fourth-order valence-corrected chi connectivity index (χ4v) is 4.45. The van der Waals surface area contributed by atoms with E-state index >= 15 is 0 Å². The van der Waals surface area contributed by atoms with Gasteiger partial charge in [0.25, 0.3) is 0 Å². The monoisotopic (exact) mass is 329 g/mol. The lowest BCUT2D eigenvalue weighted by molar-refractivity contribution is 0.0767. The summed E-state index contributed by atoms with van der Waals surface area (Å²) >= 11 is 0. The predicted octanol–water partition coefficient (Wildman–Crippen LogP) is 1.33. The van der Waals surface area contributed by atoms with Crippen LogP contribution in [0.1, 0.15) is 18.5 Å². The van der Waals surface area contributed by atoms with Crippen molar-refractivity contribution in [2.24, 2.45) is 16.8 Å². The summed E-state index contributed by atoms with van der Waals surface area (Å²) in [6.45, 7) is 2.83. The molecule has 0 radical (unpaired) electrons. The molecule has 0 aromatic carbocycles. The lowest BCUT2D eigenvalue weighted by atomic mass is 9.82. The number of guanidine groups is 1. The third kappa shape index (κ3) is 2.73. The number of aromatic nitrogens is 1. The molecule has 1 N–H and O–H groups in total. The van der Waals surface area contributed by atoms with Crippen LogP contribution in [-0.2, 0) is 11.3 Å². The van der Waals surface area contributed by atoms with Crippen molar-refractivity contribution >= 4 is 11.8 Å². The molecule has 0 aliphatic carbocycles. The van der Waals surface area contributed by atoms with Crippen molar-refractivity contribution in [3.8, 4) is 0 Å². The van der Waals surface area contributed by atoms with Gasteiger partial charge in [0.2, 0.25) is 0 Å². The van der Waals surface area contributed by atoms with E-state index in [4.69, 9.17) is 4.74 Å². The van der Waals surface area contributed by atoms with Gasteiger partial charge < -0.3 is 19.9 Å². The van der Waals surface area contributed by atoms with E-state index in [2.05, 4.69) is 32.3 Å². The van der Waals surface area contributed by atoms with E-state index in [9.17, 15) is 0 Å². The summed E-state index contributed by atoms with van der Waals surface area (Å²) in [4.78, 5) is 13.6. The van der Waals surface area contributed by atoms with E-state index in [0.717, 1.165) is 30.6 Å². The lowest BCUT2D eigenvalue weighted by Gasteiger charge is -2.23. The fourth-order valence-electron chi connectivity index (χ4n) is 4.45. The third-order valence-corrected chi connectivity index (χ3v) is 5.64. The van der Waals surface area contributed by atoms with Crippen molar-refractivity contribution < 1.29 is 4.74 Å². The molecular formula is C18H27N5O. The number of anilines is 1. The second-order valence-corrected chi connectivity index (χ2v) is 7.31. The number of nitrogens with one attached hydrogen (secondary N) is 1. The van der Waals surface area contributed by atoms with Gasteiger partial charge in [-0.05, 0) is 25.0 Å². The number of rotatable bonds is 3. The number of hydrogen-bond acceptors (Lipinski definition) is 4. The summed E-state index contributed by atoms with van der Waals surface area (Å²) in [6.07, 6.45) is 3.46. The Labute approximate surface area is 143 Å². The zero-order valence-corrected chi connectivity index (χ0v) is 14.8. The van der Waals surface area contributed by atoms with Crippen LogP contribution in [0.2, 0.25) is 0 Å². The first-order valence-corrected chi connectivity index (χ1v) is 8.90. The van der Waals surface area contributed by atoms with Crippen molar-refractivity contribution in [2.45, 2.75) is 31.6 Å². The van der Waals surface area contributed by atoms with Crippen LogP contribution < -0.4 is 10.2 Å². The molecule has 4 unspecified atom stereocenters. The Morgan fingerprint density at radius 3 is 2.62 bits per heavy atom. The molecule has 130 valence electrons. The van der Waals surface area contributed by atoms with E-state index in [0.29, 0.717) is 30.6 Å². The van der Waals surface area contributed by atoms with E-state index in [-0.39, 0.29) is 0 Å². The van der Waals surface area contributed by atoms with Crippen molar-refractivity contribution in [2.75, 3.05) is 39.1 Å². The van der Waals surface area contributed by atoms with Gasteiger partial charge in [0.15, 0.2) is 5.96 Å². The van der Waals surface area contributed by atoms with Crippen LogP contribution in [0.4, 0.5) is 5.82 Å². The molecule has 24 heavy (non-hydrogen) atoms. The van der Waals surface area contributed by atoms with Gasteiger partial charge in [-0.15, -0.1) is 0 Å². The van der Waals surface area contributed by atoms with Crippen molar-refractivity contribution in [3.63, 3.8) is 0 Å². The molecule has 6 nitrogen and oxygen atoms in total. The highest BCUT2D eigenvalue weighted by Crippen LogP contribution is 2.47. The number of likely N-dealkylation sites (tertiary alicyclic amines) is 1. The first-order chi connectivity index (χ1) is 11.7. The Kier molecular flexibility index (Phi) is 4.08. The average molecular weight is 329 g/mol. The maximum atomic E-state index is 6.06. The topological polar surface area (TPSA) is 53.0 Å². The van der Waals surface area contributed by atoms with Gasteiger partial charge in [0, 0.05) is 46.1 Å². The molecule has 1 aromatic heterocycles. The predicted molar refractivity (Wildman–Crippen MR) is 95.2 cm³/mol. The molecule has 0 spiro atoms. The lowest BCUT2D eigenvalue weighted by Crippen LogP contribution is -2.41. The summed E-state index contributed by atoms with van der Waals surface area (Å²) < 4.78 is 6.06. The molecular weight excluding hydrogens is 302 g/mol. The second-order valence-electron chi connectivity index (χ2n) is 7.31. The normalized spacial score (nSPS) is 31.5. The fraction of sp³-hybridized carbons (Fsp3) is 0.667. The summed E-state index contributed by atoms with van der Waals surface area (Å²) in [5, 5.41) is 3.49. The Hall–Kier alpha value is -1.82. The highest BCUT2D eigenvalue weighted by atomic mass is 16.5. The van der Waals surface area contributed by atoms with Gasteiger partial charge in [-0.25, -0.2) is 4.98 Å². The smallest absolute Gasteiger partial charge is 0.193 e. The van der Waals surface area contributed by atoms with Crippen LogP contribution in [0.5, 0.6) is 0 Å². The molecule has 3 saturated heterocycles. The maximum Gasteiger partial charge on any atom is 0.193 e. The van der Waals surface area contributed by atoms with Gasteiger partial charge in [0.05, 0.1) is 24.4 Å². The van der Waals surface area contributed by atoms with Gasteiger partial charge in [-0.1, -0.05) is 6.07 Å². The largest absolute Gasteiger partial charge is 0.374 e. The molecule has 4 atom stereocenters. The molecule has 4 rings (SSSR count). The minimum absolute atomic E-state index is 0.488. The Bertz CT molecular complexity index is 614. The zero-order valence-electron chi connectivity index (χ0n) is 14.8. The molecule has 0 amide bonds. The first kappa shape index (κ1) is 15.7. The first-order valence-electron chi connectivity index (χ1n) is 8.90. The van der Waals surface area contributed by atoms with Gasteiger partial charge in [-0.2, -0.15) is 0 Å². The van der Waals surface area contributed by atoms with E-state index in [1.165, 1.54) is 12.8 Å². The quantitative estimate of drug-likeness (QED) is 0.670. The van der Waals surface area contributed by atoms with Gasteiger partial charge in [0.1, 0.15) is 5.82 Å². The molecule has 3 aliphatic rings. The van der Waals surface area contributed by atoms with Crippen molar-refractivity contribution in [3.05, 3.63) is 23.9 Å². The maximum absolute atomic E-state index is 6.06. The van der Waals surface area contributed by atoms with Crippen LogP contribution >= 0.6 is 0 Å². The van der Waals surface area contributed by atoms with Gasteiger partial charge in [-0.3, -0.25) is 4.99 Å².